The van der Waals surface area contributed by atoms with Crippen molar-refractivity contribution in [1.29, 1.82) is 0 Å². The SMILES string of the molecule is Cc1cccc(C)c1NC(=O)C(c1cccc(O)c1)N(C(=O)C(CS)NC(=O)OC(C)(C)C)C1CCC1. The number of anilines is 1. The van der Waals surface area contributed by atoms with E-state index in [-0.39, 0.29) is 17.5 Å². The second kappa shape index (κ2) is 11.9. The summed E-state index contributed by atoms with van der Waals surface area (Å²) in [6, 6.07) is 9.84. The topological polar surface area (TPSA) is 108 Å². The highest BCUT2D eigenvalue weighted by Crippen LogP contribution is 2.35. The van der Waals surface area contributed by atoms with Crippen LogP contribution in [0.2, 0.25) is 0 Å². The predicted molar refractivity (Wildman–Crippen MR) is 147 cm³/mol. The van der Waals surface area contributed by atoms with E-state index in [1.165, 1.54) is 12.1 Å². The Balaban J connectivity index is 2.01. The van der Waals surface area contributed by atoms with Gasteiger partial charge in [-0.2, -0.15) is 12.6 Å². The van der Waals surface area contributed by atoms with E-state index in [0.29, 0.717) is 11.3 Å². The largest absolute Gasteiger partial charge is 0.508 e. The molecule has 0 spiro atoms. The van der Waals surface area contributed by atoms with Gasteiger partial charge in [0.05, 0.1) is 0 Å². The van der Waals surface area contributed by atoms with Gasteiger partial charge in [0.2, 0.25) is 5.91 Å². The van der Waals surface area contributed by atoms with Crippen LogP contribution in [0.15, 0.2) is 42.5 Å². The summed E-state index contributed by atoms with van der Waals surface area (Å²) in [5.41, 5.74) is 2.20. The lowest BCUT2D eigenvalue weighted by molar-refractivity contribution is -0.145. The minimum Gasteiger partial charge on any atom is -0.508 e. The normalized spacial score (nSPS) is 15.2. The summed E-state index contributed by atoms with van der Waals surface area (Å²) in [5.74, 6) is -0.831. The van der Waals surface area contributed by atoms with Gasteiger partial charge in [-0.05, 0) is 82.7 Å². The summed E-state index contributed by atoms with van der Waals surface area (Å²) >= 11 is 4.32. The van der Waals surface area contributed by atoms with Crippen LogP contribution in [0.5, 0.6) is 5.75 Å². The number of alkyl carbamates (subject to hydrolysis) is 1. The number of carbonyl (C=O) groups is 3. The predicted octanol–water partition coefficient (Wildman–Crippen LogP) is 4.89. The number of hydrogen-bond donors (Lipinski definition) is 4. The lowest BCUT2D eigenvalue weighted by Gasteiger charge is -2.43. The Hall–Kier alpha value is -3.20. The van der Waals surface area contributed by atoms with Crippen LogP contribution in [-0.2, 0) is 14.3 Å². The summed E-state index contributed by atoms with van der Waals surface area (Å²) in [7, 11) is 0. The van der Waals surface area contributed by atoms with Gasteiger partial charge in [0.15, 0.2) is 0 Å². The summed E-state index contributed by atoms with van der Waals surface area (Å²) < 4.78 is 5.35. The Morgan fingerprint density at radius 2 is 1.73 bits per heavy atom. The van der Waals surface area contributed by atoms with Gasteiger partial charge in [-0.15, -0.1) is 0 Å². The van der Waals surface area contributed by atoms with Crippen molar-refractivity contribution in [2.75, 3.05) is 11.1 Å². The fraction of sp³-hybridized carbons (Fsp3) is 0.464. The Morgan fingerprint density at radius 3 is 2.24 bits per heavy atom. The number of hydrogen-bond acceptors (Lipinski definition) is 6. The minimum absolute atomic E-state index is 0.0130. The van der Waals surface area contributed by atoms with Gasteiger partial charge in [0.1, 0.15) is 23.4 Å². The van der Waals surface area contributed by atoms with E-state index in [4.69, 9.17) is 4.74 Å². The molecule has 9 heteroatoms. The van der Waals surface area contributed by atoms with Crippen LogP contribution in [0.1, 0.15) is 62.8 Å². The molecule has 0 radical (unpaired) electrons. The molecule has 3 amide bonds. The van der Waals surface area contributed by atoms with Crippen molar-refractivity contribution in [3.05, 3.63) is 59.2 Å². The maximum absolute atomic E-state index is 14.0. The quantitative estimate of drug-likeness (QED) is 0.366. The fourth-order valence-corrected chi connectivity index (χ4v) is 4.58. The number of aryl methyl sites for hydroxylation is 2. The fourth-order valence-electron chi connectivity index (χ4n) is 4.33. The zero-order chi connectivity index (χ0) is 27.3. The molecule has 37 heavy (non-hydrogen) atoms. The molecule has 3 rings (SSSR count). The van der Waals surface area contributed by atoms with Crippen molar-refractivity contribution >= 4 is 36.2 Å². The summed E-state index contributed by atoms with van der Waals surface area (Å²) in [6.45, 7) is 9.02. The first-order valence-electron chi connectivity index (χ1n) is 12.5. The number of thiol groups is 1. The molecule has 1 aliphatic rings. The third-order valence-electron chi connectivity index (χ3n) is 6.34. The number of carbonyl (C=O) groups excluding carboxylic acids is 3. The molecule has 2 aromatic carbocycles. The van der Waals surface area contributed by atoms with E-state index in [1.807, 2.05) is 32.0 Å². The number of aromatic hydroxyl groups is 1. The van der Waals surface area contributed by atoms with E-state index < -0.39 is 35.6 Å². The van der Waals surface area contributed by atoms with E-state index in [2.05, 4.69) is 23.3 Å². The van der Waals surface area contributed by atoms with Gasteiger partial charge in [-0.3, -0.25) is 9.59 Å². The maximum atomic E-state index is 14.0. The van der Waals surface area contributed by atoms with Gasteiger partial charge in [0.25, 0.3) is 5.91 Å². The number of nitrogens with zero attached hydrogens (tertiary/aromatic N) is 1. The van der Waals surface area contributed by atoms with E-state index in [0.717, 1.165) is 30.4 Å². The molecule has 0 saturated heterocycles. The monoisotopic (exact) mass is 527 g/mol. The molecule has 0 heterocycles. The number of nitrogens with one attached hydrogen (secondary N) is 2. The molecule has 2 aromatic rings. The molecule has 2 atom stereocenters. The lowest BCUT2D eigenvalue weighted by Crippen LogP contribution is -2.57. The van der Waals surface area contributed by atoms with E-state index >= 15 is 0 Å². The number of phenols is 1. The molecule has 8 nitrogen and oxygen atoms in total. The number of amides is 3. The van der Waals surface area contributed by atoms with Crippen LogP contribution in [0.25, 0.3) is 0 Å². The van der Waals surface area contributed by atoms with E-state index in [1.54, 1.807) is 37.8 Å². The molecule has 0 bridgehead atoms. The number of ether oxygens (including phenoxy) is 1. The van der Waals surface area contributed by atoms with Crippen LogP contribution in [0.4, 0.5) is 10.5 Å². The first-order valence-corrected chi connectivity index (χ1v) is 13.1. The van der Waals surface area contributed by atoms with Crippen LogP contribution in [-0.4, -0.2) is 51.4 Å². The van der Waals surface area contributed by atoms with Gasteiger partial charge in [0, 0.05) is 17.5 Å². The zero-order valence-electron chi connectivity index (χ0n) is 22.1. The first-order chi connectivity index (χ1) is 17.4. The third kappa shape index (κ3) is 7.19. The molecule has 0 aliphatic heterocycles. The Labute approximate surface area is 224 Å². The molecule has 0 aromatic heterocycles. The van der Waals surface area contributed by atoms with Crippen molar-refractivity contribution in [2.45, 2.75) is 77.6 Å². The summed E-state index contributed by atoms with van der Waals surface area (Å²) in [5, 5.41) is 15.9. The average molecular weight is 528 g/mol. The van der Waals surface area contributed by atoms with Crippen molar-refractivity contribution < 1.29 is 24.2 Å². The van der Waals surface area contributed by atoms with Crippen molar-refractivity contribution in [1.82, 2.24) is 10.2 Å². The van der Waals surface area contributed by atoms with Gasteiger partial charge in [-0.25, -0.2) is 4.79 Å². The standard InChI is InChI=1S/C28H37N3O5S/c1-17-9-6-10-18(2)23(17)30-25(33)24(19-11-7-14-21(32)15-19)31(20-12-8-13-20)26(34)22(16-37)29-27(35)36-28(3,4)5/h6-7,9-11,14-15,20,22,24,32,37H,8,12-13,16H2,1-5H3,(H,29,35)(H,30,33). The maximum Gasteiger partial charge on any atom is 0.408 e. The van der Waals surface area contributed by atoms with Crippen molar-refractivity contribution in [3.63, 3.8) is 0 Å². The molecule has 1 saturated carbocycles. The smallest absolute Gasteiger partial charge is 0.408 e. The Morgan fingerprint density at radius 1 is 1.11 bits per heavy atom. The van der Waals surface area contributed by atoms with Crippen LogP contribution in [0, 0.1) is 13.8 Å². The highest BCUT2D eigenvalue weighted by Gasteiger charge is 2.42. The molecular formula is C28H37N3O5S. The molecule has 2 unspecified atom stereocenters. The number of benzene rings is 2. The van der Waals surface area contributed by atoms with Crippen molar-refractivity contribution in [3.8, 4) is 5.75 Å². The summed E-state index contributed by atoms with van der Waals surface area (Å²) in [6.07, 6.45) is 1.64. The average Bonchev–Trinajstić information content (AvgIpc) is 2.77. The number of rotatable bonds is 8. The lowest BCUT2D eigenvalue weighted by atomic mass is 9.88. The second-order valence-corrected chi connectivity index (χ2v) is 10.8. The van der Waals surface area contributed by atoms with Crippen molar-refractivity contribution in [2.24, 2.45) is 0 Å². The molecule has 1 aliphatic carbocycles. The van der Waals surface area contributed by atoms with Gasteiger partial charge < -0.3 is 25.4 Å². The van der Waals surface area contributed by atoms with Crippen LogP contribution < -0.4 is 10.6 Å². The summed E-state index contributed by atoms with van der Waals surface area (Å²) in [4.78, 5) is 41.9. The highest BCUT2D eigenvalue weighted by atomic mass is 32.1. The Kier molecular flexibility index (Phi) is 9.12. The number of phenolic OH excluding ortho intramolecular Hbond substituents is 1. The molecule has 1 fully saturated rings. The second-order valence-electron chi connectivity index (χ2n) is 10.5. The Bertz CT molecular complexity index is 1120. The van der Waals surface area contributed by atoms with Crippen LogP contribution in [0.3, 0.4) is 0 Å². The minimum atomic E-state index is -1.04. The molecule has 200 valence electrons. The zero-order valence-corrected chi connectivity index (χ0v) is 23.0. The molecule has 3 N–H and O–H groups in total. The van der Waals surface area contributed by atoms with E-state index in [9.17, 15) is 19.5 Å². The van der Waals surface area contributed by atoms with Gasteiger partial charge >= 0.3 is 6.09 Å². The third-order valence-corrected chi connectivity index (χ3v) is 6.70. The van der Waals surface area contributed by atoms with Crippen LogP contribution >= 0.6 is 12.6 Å². The number of para-hydroxylation sites is 1. The van der Waals surface area contributed by atoms with Gasteiger partial charge in [-0.1, -0.05) is 30.3 Å². The highest BCUT2D eigenvalue weighted by molar-refractivity contribution is 7.80. The molecular weight excluding hydrogens is 490 g/mol. The first kappa shape index (κ1) is 28.4.